The molecule has 17 heavy (non-hydrogen) atoms. The SMILES string of the molecule is CC1(NC(=O)NCc2ccccc2)CCOC1. The minimum absolute atomic E-state index is 0.137. The number of ether oxygens (including phenoxy) is 1. The van der Waals surface area contributed by atoms with Crippen LogP contribution in [0, 0.1) is 0 Å². The molecule has 1 aliphatic heterocycles. The molecule has 0 bridgehead atoms. The van der Waals surface area contributed by atoms with Gasteiger partial charge < -0.3 is 15.4 Å². The monoisotopic (exact) mass is 234 g/mol. The minimum atomic E-state index is -0.221. The molecule has 4 nitrogen and oxygen atoms in total. The van der Waals surface area contributed by atoms with Crippen LogP contribution in [-0.2, 0) is 11.3 Å². The van der Waals surface area contributed by atoms with E-state index in [2.05, 4.69) is 10.6 Å². The molecule has 1 aliphatic rings. The van der Waals surface area contributed by atoms with Crippen molar-refractivity contribution in [2.45, 2.75) is 25.4 Å². The lowest BCUT2D eigenvalue weighted by Gasteiger charge is -2.23. The van der Waals surface area contributed by atoms with E-state index in [0.717, 1.165) is 18.6 Å². The molecule has 0 radical (unpaired) electrons. The van der Waals surface area contributed by atoms with E-state index in [0.29, 0.717) is 13.2 Å². The molecular weight excluding hydrogens is 216 g/mol. The van der Waals surface area contributed by atoms with Crippen LogP contribution in [0.5, 0.6) is 0 Å². The van der Waals surface area contributed by atoms with Crippen molar-refractivity contribution in [2.75, 3.05) is 13.2 Å². The van der Waals surface area contributed by atoms with Gasteiger partial charge in [-0.2, -0.15) is 0 Å². The quantitative estimate of drug-likeness (QED) is 0.835. The van der Waals surface area contributed by atoms with Gasteiger partial charge in [0.2, 0.25) is 0 Å². The number of amides is 2. The smallest absolute Gasteiger partial charge is 0.315 e. The van der Waals surface area contributed by atoms with E-state index in [1.165, 1.54) is 0 Å². The number of urea groups is 1. The maximum absolute atomic E-state index is 11.7. The van der Waals surface area contributed by atoms with Crippen molar-refractivity contribution in [3.05, 3.63) is 35.9 Å². The van der Waals surface area contributed by atoms with Crippen molar-refractivity contribution in [2.24, 2.45) is 0 Å². The first-order chi connectivity index (χ1) is 8.18. The highest BCUT2D eigenvalue weighted by molar-refractivity contribution is 5.74. The first kappa shape index (κ1) is 11.9. The van der Waals surface area contributed by atoms with Gasteiger partial charge in [-0.3, -0.25) is 0 Å². The number of hydrogen-bond donors (Lipinski definition) is 2. The molecule has 92 valence electrons. The fourth-order valence-electron chi connectivity index (χ4n) is 1.86. The predicted molar refractivity (Wildman–Crippen MR) is 65.7 cm³/mol. The fourth-order valence-corrected chi connectivity index (χ4v) is 1.86. The minimum Gasteiger partial charge on any atom is -0.379 e. The molecule has 0 saturated carbocycles. The summed E-state index contributed by atoms with van der Waals surface area (Å²) in [5.41, 5.74) is 0.872. The highest BCUT2D eigenvalue weighted by Gasteiger charge is 2.30. The Labute approximate surface area is 101 Å². The van der Waals surface area contributed by atoms with Gasteiger partial charge in [0.25, 0.3) is 0 Å². The summed E-state index contributed by atoms with van der Waals surface area (Å²) in [4.78, 5) is 11.7. The highest BCUT2D eigenvalue weighted by atomic mass is 16.5. The van der Waals surface area contributed by atoms with Crippen molar-refractivity contribution in [3.63, 3.8) is 0 Å². The van der Waals surface area contributed by atoms with Crippen molar-refractivity contribution >= 4 is 6.03 Å². The van der Waals surface area contributed by atoms with Crippen LogP contribution in [0.15, 0.2) is 30.3 Å². The largest absolute Gasteiger partial charge is 0.379 e. The second kappa shape index (κ2) is 5.19. The highest BCUT2D eigenvalue weighted by Crippen LogP contribution is 2.16. The van der Waals surface area contributed by atoms with Crippen molar-refractivity contribution < 1.29 is 9.53 Å². The Kier molecular flexibility index (Phi) is 3.64. The van der Waals surface area contributed by atoms with Crippen LogP contribution < -0.4 is 10.6 Å². The lowest BCUT2D eigenvalue weighted by atomic mass is 10.0. The van der Waals surface area contributed by atoms with Gasteiger partial charge in [-0.1, -0.05) is 30.3 Å². The Morgan fingerprint density at radius 3 is 2.82 bits per heavy atom. The second-order valence-electron chi connectivity index (χ2n) is 4.66. The zero-order valence-electron chi connectivity index (χ0n) is 10.0. The van der Waals surface area contributed by atoms with E-state index in [1.807, 2.05) is 37.3 Å². The van der Waals surface area contributed by atoms with Gasteiger partial charge in [0, 0.05) is 13.2 Å². The Morgan fingerprint density at radius 2 is 2.18 bits per heavy atom. The van der Waals surface area contributed by atoms with E-state index in [4.69, 9.17) is 4.74 Å². The van der Waals surface area contributed by atoms with Crippen LogP contribution in [0.1, 0.15) is 18.9 Å². The lowest BCUT2D eigenvalue weighted by molar-refractivity contribution is 0.170. The number of hydrogen-bond acceptors (Lipinski definition) is 2. The lowest BCUT2D eigenvalue weighted by Crippen LogP contribution is -2.50. The van der Waals surface area contributed by atoms with Crippen LogP contribution in [-0.4, -0.2) is 24.8 Å². The topological polar surface area (TPSA) is 50.4 Å². The van der Waals surface area contributed by atoms with Crippen molar-refractivity contribution in [1.82, 2.24) is 10.6 Å². The summed E-state index contributed by atoms with van der Waals surface area (Å²) in [6.07, 6.45) is 0.867. The average molecular weight is 234 g/mol. The molecule has 1 atom stereocenters. The van der Waals surface area contributed by atoms with Crippen LogP contribution in [0.4, 0.5) is 4.79 Å². The third-order valence-electron chi connectivity index (χ3n) is 2.93. The van der Waals surface area contributed by atoms with Crippen molar-refractivity contribution in [1.29, 1.82) is 0 Å². The number of nitrogens with one attached hydrogen (secondary N) is 2. The molecule has 2 amide bonds. The van der Waals surface area contributed by atoms with E-state index >= 15 is 0 Å². The zero-order chi connectivity index (χ0) is 12.1. The summed E-state index contributed by atoms with van der Waals surface area (Å²) < 4.78 is 5.28. The predicted octanol–water partition coefficient (Wildman–Crippen LogP) is 1.66. The van der Waals surface area contributed by atoms with Crippen LogP contribution >= 0.6 is 0 Å². The van der Waals surface area contributed by atoms with Gasteiger partial charge >= 0.3 is 6.03 Å². The summed E-state index contributed by atoms with van der Waals surface area (Å²) in [7, 11) is 0. The first-order valence-electron chi connectivity index (χ1n) is 5.86. The molecule has 1 aromatic rings. The number of benzene rings is 1. The Morgan fingerprint density at radius 1 is 1.41 bits per heavy atom. The van der Waals surface area contributed by atoms with Gasteiger partial charge in [0.15, 0.2) is 0 Å². The van der Waals surface area contributed by atoms with E-state index in [1.54, 1.807) is 0 Å². The summed E-state index contributed by atoms with van der Waals surface area (Å²) in [6.45, 7) is 3.85. The molecule has 2 rings (SSSR count). The molecule has 1 aromatic carbocycles. The molecule has 1 saturated heterocycles. The molecule has 1 fully saturated rings. The van der Waals surface area contributed by atoms with Gasteiger partial charge in [-0.25, -0.2) is 4.79 Å². The average Bonchev–Trinajstić information content (AvgIpc) is 2.74. The summed E-state index contributed by atoms with van der Waals surface area (Å²) in [6, 6.07) is 9.71. The third kappa shape index (κ3) is 3.46. The van der Waals surface area contributed by atoms with E-state index in [-0.39, 0.29) is 11.6 Å². The summed E-state index contributed by atoms with van der Waals surface area (Å²) in [5.74, 6) is 0. The summed E-state index contributed by atoms with van der Waals surface area (Å²) >= 11 is 0. The standard InChI is InChI=1S/C13H18N2O2/c1-13(7-8-17-10-13)15-12(16)14-9-11-5-3-2-4-6-11/h2-6H,7-10H2,1H3,(H2,14,15,16). The molecule has 4 heteroatoms. The van der Waals surface area contributed by atoms with Crippen LogP contribution in [0.2, 0.25) is 0 Å². The molecule has 2 N–H and O–H groups in total. The number of carbonyl (C=O) groups is 1. The molecular formula is C13H18N2O2. The van der Waals surface area contributed by atoms with Gasteiger partial charge in [0.1, 0.15) is 0 Å². The molecule has 1 heterocycles. The summed E-state index contributed by atoms with van der Waals surface area (Å²) in [5, 5.41) is 5.80. The van der Waals surface area contributed by atoms with E-state index in [9.17, 15) is 4.79 Å². The van der Waals surface area contributed by atoms with E-state index < -0.39 is 0 Å². The Bertz CT molecular complexity index is 372. The Hall–Kier alpha value is -1.55. The van der Waals surface area contributed by atoms with Crippen LogP contribution in [0.3, 0.4) is 0 Å². The second-order valence-corrected chi connectivity index (χ2v) is 4.66. The maximum Gasteiger partial charge on any atom is 0.315 e. The first-order valence-corrected chi connectivity index (χ1v) is 5.86. The zero-order valence-corrected chi connectivity index (χ0v) is 10.0. The third-order valence-corrected chi connectivity index (χ3v) is 2.93. The molecule has 1 unspecified atom stereocenters. The number of carbonyl (C=O) groups excluding carboxylic acids is 1. The van der Waals surface area contributed by atoms with Gasteiger partial charge in [-0.05, 0) is 18.9 Å². The Balaban J connectivity index is 1.78. The molecule has 0 aromatic heterocycles. The normalized spacial score (nSPS) is 23.4. The maximum atomic E-state index is 11.7. The fraction of sp³-hybridized carbons (Fsp3) is 0.462. The van der Waals surface area contributed by atoms with Crippen LogP contribution in [0.25, 0.3) is 0 Å². The molecule has 0 aliphatic carbocycles. The van der Waals surface area contributed by atoms with Gasteiger partial charge in [0.05, 0.1) is 12.1 Å². The van der Waals surface area contributed by atoms with Gasteiger partial charge in [-0.15, -0.1) is 0 Å². The molecule has 0 spiro atoms. The number of rotatable bonds is 3. The van der Waals surface area contributed by atoms with Crippen molar-refractivity contribution in [3.8, 4) is 0 Å².